The van der Waals surface area contributed by atoms with E-state index in [-0.39, 0.29) is 5.91 Å². The third kappa shape index (κ3) is 2.67. The number of rotatable bonds is 2. The van der Waals surface area contributed by atoms with Crippen molar-refractivity contribution in [1.82, 2.24) is 24.6 Å². The molecule has 142 valence electrons. The van der Waals surface area contributed by atoms with Crippen molar-refractivity contribution >= 4 is 5.91 Å². The van der Waals surface area contributed by atoms with E-state index < -0.39 is 5.60 Å². The molecule has 1 saturated carbocycles. The van der Waals surface area contributed by atoms with Crippen LogP contribution >= 0.6 is 0 Å². The molecule has 1 amide bonds. The van der Waals surface area contributed by atoms with Crippen LogP contribution in [0.25, 0.3) is 0 Å². The molecule has 4 heterocycles. The highest BCUT2D eigenvalue weighted by Gasteiger charge is 2.53. The molecule has 0 atom stereocenters. The summed E-state index contributed by atoms with van der Waals surface area (Å²) in [5.41, 5.74) is 3.07. The lowest BCUT2D eigenvalue weighted by Crippen LogP contribution is -2.61. The Morgan fingerprint density at radius 3 is 2.74 bits per heavy atom. The second-order valence-corrected chi connectivity index (χ2v) is 8.17. The van der Waals surface area contributed by atoms with Gasteiger partial charge < -0.3 is 9.64 Å². The number of aromatic nitrogens is 4. The van der Waals surface area contributed by atoms with Crippen LogP contribution in [-0.2, 0) is 24.0 Å². The minimum absolute atomic E-state index is 0.0167. The van der Waals surface area contributed by atoms with Gasteiger partial charge in [-0.25, -0.2) is 9.97 Å². The fourth-order valence-corrected chi connectivity index (χ4v) is 4.72. The predicted molar refractivity (Wildman–Crippen MR) is 98.2 cm³/mol. The van der Waals surface area contributed by atoms with Crippen molar-refractivity contribution in [3.05, 3.63) is 40.7 Å². The zero-order valence-corrected chi connectivity index (χ0v) is 15.9. The Labute approximate surface area is 158 Å². The molecule has 0 unspecified atom stereocenters. The molecule has 2 aromatic heterocycles. The van der Waals surface area contributed by atoms with Gasteiger partial charge in [0.15, 0.2) is 0 Å². The molecule has 5 rings (SSSR count). The van der Waals surface area contributed by atoms with Gasteiger partial charge in [0.05, 0.1) is 36.6 Å². The zero-order valence-electron chi connectivity index (χ0n) is 15.9. The first kappa shape index (κ1) is 16.9. The zero-order chi connectivity index (χ0) is 18.6. The number of amides is 1. The topological polar surface area (TPSA) is 73.1 Å². The lowest BCUT2D eigenvalue weighted by atomic mass is 9.86. The highest BCUT2D eigenvalue weighted by atomic mass is 16.5. The number of likely N-dealkylation sites (tertiary alicyclic amines) is 1. The molecule has 27 heavy (non-hydrogen) atoms. The third-order valence-corrected chi connectivity index (χ3v) is 6.26. The highest BCUT2D eigenvalue weighted by Crippen LogP contribution is 2.43. The van der Waals surface area contributed by atoms with Crippen LogP contribution in [0.4, 0.5) is 0 Å². The van der Waals surface area contributed by atoms with Gasteiger partial charge in [0, 0.05) is 30.9 Å². The van der Waals surface area contributed by atoms with Crippen LogP contribution in [0.3, 0.4) is 0 Å². The minimum atomic E-state index is -0.424. The molecule has 1 spiro atoms. The molecule has 3 aliphatic rings. The van der Waals surface area contributed by atoms with Gasteiger partial charge in [-0.2, -0.15) is 5.10 Å². The molecule has 0 aromatic carbocycles. The van der Waals surface area contributed by atoms with E-state index in [0.717, 1.165) is 22.8 Å². The number of nitrogens with zero attached hydrogens (tertiary/aromatic N) is 5. The molecule has 7 nitrogen and oxygen atoms in total. The molecule has 0 radical (unpaired) electrons. The molecule has 2 fully saturated rings. The van der Waals surface area contributed by atoms with Gasteiger partial charge >= 0.3 is 0 Å². The summed E-state index contributed by atoms with van der Waals surface area (Å²) < 4.78 is 7.80. The standard InChI is InChI=1S/C20H25N5O2/c1-13-15(9-24(2)23-13)19(26)25-11-20(12-25)16-8-21-18(22-17(16)10-27-20)14-6-4-3-5-7-14/h8-9,14H,3-7,10-12H2,1-2H3. The summed E-state index contributed by atoms with van der Waals surface area (Å²) in [6.07, 6.45) is 10.00. The molecule has 1 saturated heterocycles. The van der Waals surface area contributed by atoms with Crippen molar-refractivity contribution in [1.29, 1.82) is 0 Å². The number of fused-ring (bicyclic) bond motifs is 2. The van der Waals surface area contributed by atoms with Crippen LogP contribution in [0.5, 0.6) is 0 Å². The van der Waals surface area contributed by atoms with Crippen molar-refractivity contribution in [3.8, 4) is 0 Å². The lowest BCUT2D eigenvalue weighted by Gasteiger charge is -2.47. The average molecular weight is 367 g/mol. The van der Waals surface area contributed by atoms with E-state index in [1.165, 1.54) is 32.1 Å². The van der Waals surface area contributed by atoms with Crippen molar-refractivity contribution < 1.29 is 9.53 Å². The molecular weight excluding hydrogens is 342 g/mol. The van der Waals surface area contributed by atoms with Gasteiger partial charge in [0.2, 0.25) is 0 Å². The molecule has 1 aliphatic carbocycles. The Morgan fingerprint density at radius 1 is 1.26 bits per heavy atom. The maximum absolute atomic E-state index is 12.8. The predicted octanol–water partition coefficient (Wildman–Crippen LogP) is 2.45. The van der Waals surface area contributed by atoms with E-state index in [2.05, 4.69) is 10.1 Å². The van der Waals surface area contributed by atoms with Crippen LogP contribution in [0, 0.1) is 6.92 Å². The van der Waals surface area contributed by atoms with Gasteiger partial charge in [0.1, 0.15) is 11.4 Å². The van der Waals surface area contributed by atoms with Crippen LogP contribution in [0.1, 0.15) is 71.2 Å². The summed E-state index contributed by atoms with van der Waals surface area (Å²) >= 11 is 0. The summed E-state index contributed by atoms with van der Waals surface area (Å²) in [6, 6.07) is 0. The van der Waals surface area contributed by atoms with E-state index in [9.17, 15) is 4.79 Å². The van der Waals surface area contributed by atoms with E-state index in [4.69, 9.17) is 9.72 Å². The van der Waals surface area contributed by atoms with Crippen molar-refractivity contribution in [2.24, 2.45) is 7.05 Å². The summed E-state index contributed by atoms with van der Waals surface area (Å²) in [6.45, 7) is 3.49. The van der Waals surface area contributed by atoms with Crippen LogP contribution < -0.4 is 0 Å². The largest absolute Gasteiger partial charge is 0.360 e. The van der Waals surface area contributed by atoms with Gasteiger partial charge in [0.25, 0.3) is 5.91 Å². The van der Waals surface area contributed by atoms with E-state index >= 15 is 0 Å². The van der Waals surface area contributed by atoms with Crippen molar-refractivity contribution in [2.75, 3.05) is 13.1 Å². The smallest absolute Gasteiger partial charge is 0.257 e. The molecule has 0 N–H and O–H groups in total. The Bertz CT molecular complexity index is 894. The summed E-state index contributed by atoms with van der Waals surface area (Å²) in [5, 5.41) is 4.27. The number of carbonyl (C=O) groups is 1. The summed E-state index contributed by atoms with van der Waals surface area (Å²) in [7, 11) is 1.83. The molecular formula is C20H25N5O2. The van der Waals surface area contributed by atoms with Crippen LogP contribution in [0.2, 0.25) is 0 Å². The van der Waals surface area contributed by atoms with Gasteiger partial charge in [-0.05, 0) is 19.8 Å². The Hall–Kier alpha value is -2.28. The van der Waals surface area contributed by atoms with Crippen molar-refractivity contribution in [2.45, 2.75) is 57.2 Å². The fourth-order valence-electron chi connectivity index (χ4n) is 4.72. The number of ether oxygens (including phenoxy) is 1. The molecule has 0 bridgehead atoms. The Balaban J connectivity index is 1.33. The highest BCUT2D eigenvalue weighted by molar-refractivity contribution is 5.95. The first-order chi connectivity index (χ1) is 13.1. The first-order valence-corrected chi connectivity index (χ1v) is 9.85. The van der Waals surface area contributed by atoms with Crippen molar-refractivity contribution in [3.63, 3.8) is 0 Å². The van der Waals surface area contributed by atoms with E-state index in [1.807, 2.05) is 25.1 Å². The maximum atomic E-state index is 12.8. The SMILES string of the molecule is Cc1nn(C)cc1C(=O)N1CC2(C1)OCc1nc(C3CCCCC3)ncc12. The summed E-state index contributed by atoms with van der Waals surface area (Å²) in [4.78, 5) is 24.1. The maximum Gasteiger partial charge on any atom is 0.257 e. The quantitative estimate of drug-likeness (QED) is 0.815. The molecule has 2 aromatic rings. The summed E-state index contributed by atoms with van der Waals surface area (Å²) in [5.74, 6) is 1.49. The lowest BCUT2D eigenvalue weighted by molar-refractivity contribution is -0.126. The molecule has 7 heteroatoms. The Morgan fingerprint density at radius 2 is 2.04 bits per heavy atom. The van der Waals surface area contributed by atoms with Crippen LogP contribution in [-0.4, -0.2) is 43.6 Å². The second kappa shape index (κ2) is 6.12. The van der Waals surface area contributed by atoms with Gasteiger partial charge in [-0.1, -0.05) is 19.3 Å². The van der Waals surface area contributed by atoms with E-state index in [1.54, 1.807) is 10.9 Å². The Kier molecular flexibility index (Phi) is 3.82. The van der Waals surface area contributed by atoms with Gasteiger partial charge in [-0.3, -0.25) is 9.48 Å². The van der Waals surface area contributed by atoms with Gasteiger partial charge in [-0.15, -0.1) is 0 Å². The van der Waals surface area contributed by atoms with Crippen LogP contribution in [0.15, 0.2) is 12.4 Å². The number of carbonyl (C=O) groups excluding carboxylic acids is 1. The minimum Gasteiger partial charge on any atom is -0.360 e. The second-order valence-electron chi connectivity index (χ2n) is 8.17. The average Bonchev–Trinajstić information content (AvgIpc) is 3.20. The normalized spacial score (nSPS) is 21.3. The first-order valence-electron chi connectivity index (χ1n) is 9.85. The third-order valence-electron chi connectivity index (χ3n) is 6.26. The number of aryl methyl sites for hydroxylation is 2. The van der Waals surface area contributed by atoms with E-state index in [0.29, 0.717) is 31.2 Å². The monoisotopic (exact) mass is 367 g/mol. The number of hydrogen-bond acceptors (Lipinski definition) is 5. The number of hydrogen-bond donors (Lipinski definition) is 0. The molecule has 2 aliphatic heterocycles. The fraction of sp³-hybridized carbons (Fsp3) is 0.600.